The molecule has 2 aromatic rings. The fourth-order valence-electron chi connectivity index (χ4n) is 1.44. The van der Waals surface area contributed by atoms with E-state index in [1.54, 1.807) is 0 Å². The van der Waals surface area contributed by atoms with Crippen LogP contribution in [-0.2, 0) is 9.53 Å². The van der Waals surface area contributed by atoms with Crippen LogP contribution in [0.2, 0.25) is 0 Å². The molecule has 1 aromatic heterocycles. The summed E-state index contributed by atoms with van der Waals surface area (Å²) in [7, 11) is 1.52. The molecule has 1 atom stereocenters. The Labute approximate surface area is 103 Å². The highest BCUT2D eigenvalue weighted by molar-refractivity contribution is 7.22. The molecule has 1 aromatic carbocycles. The summed E-state index contributed by atoms with van der Waals surface area (Å²) in [6.07, 6.45) is 0. The number of methoxy groups -OCH3 is 1. The van der Waals surface area contributed by atoms with E-state index < -0.39 is 11.9 Å². The van der Waals surface area contributed by atoms with Gasteiger partial charge in [0.25, 0.3) is 0 Å². The summed E-state index contributed by atoms with van der Waals surface area (Å²) in [6, 6.07) is 7.22. The van der Waals surface area contributed by atoms with E-state index in [1.165, 1.54) is 18.4 Å². The average Bonchev–Trinajstić information content (AvgIpc) is 2.70. The number of hydrogen-bond donors (Lipinski definition) is 2. The summed E-state index contributed by atoms with van der Waals surface area (Å²) in [5.74, 6) is -0.453. The molecule has 17 heavy (non-hydrogen) atoms. The Morgan fingerprint density at radius 2 is 2.35 bits per heavy atom. The first kappa shape index (κ1) is 11.8. The fourth-order valence-corrected chi connectivity index (χ4v) is 2.36. The third kappa shape index (κ3) is 2.72. The number of amides is 1. The van der Waals surface area contributed by atoms with Gasteiger partial charge >= 0.3 is 0 Å². The predicted octanol–water partition coefficient (Wildman–Crippen LogP) is 1.21. The number of aromatic nitrogens is 1. The van der Waals surface area contributed by atoms with Gasteiger partial charge in [-0.25, -0.2) is 4.98 Å². The van der Waals surface area contributed by atoms with Gasteiger partial charge in [0.1, 0.15) is 6.04 Å². The van der Waals surface area contributed by atoms with Gasteiger partial charge in [-0.3, -0.25) is 4.79 Å². The zero-order chi connectivity index (χ0) is 12.3. The Hall–Kier alpha value is -1.66. The Bertz CT molecular complexity index is 493. The van der Waals surface area contributed by atoms with E-state index in [0.717, 1.165) is 10.2 Å². The number of rotatable bonds is 5. The molecule has 0 bridgehead atoms. The van der Waals surface area contributed by atoms with Crippen molar-refractivity contribution in [2.24, 2.45) is 5.73 Å². The van der Waals surface area contributed by atoms with Crippen molar-refractivity contribution in [1.29, 1.82) is 0 Å². The van der Waals surface area contributed by atoms with Gasteiger partial charge in [-0.05, 0) is 12.1 Å². The van der Waals surface area contributed by atoms with Crippen LogP contribution in [0.15, 0.2) is 24.3 Å². The van der Waals surface area contributed by atoms with Crippen LogP contribution in [0.4, 0.5) is 5.13 Å². The summed E-state index contributed by atoms with van der Waals surface area (Å²) in [4.78, 5) is 15.5. The van der Waals surface area contributed by atoms with E-state index in [-0.39, 0.29) is 6.61 Å². The lowest BCUT2D eigenvalue weighted by Crippen LogP contribution is -2.38. The summed E-state index contributed by atoms with van der Waals surface area (Å²) in [5.41, 5.74) is 6.16. The molecule has 0 radical (unpaired) electrons. The number of hydrogen-bond acceptors (Lipinski definition) is 5. The normalized spacial score (nSPS) is 12.5. The van der Waals surface area contributed by atoms with E-state index in [9.17, 15) is 4.79 Å². The van der Waals surface area contributed by atoms with Crippen LogP contribution in [0.25, 0.3) is 10.2 Å². The van der Waals surface area contributed by atoms with Crippen LogP contribution >= 0.6 is 11.3 Å². The number of carbonyl (C=O) groups is 1. The van der Waals surface area contributed by atoms with E-state index in [2.05, 4.69) is 10.3 Å². The summed E-state index contributed by atoms with van der Waals surface area (Å²) >= 11 is 1.48. The molecule has 0 aliphatic heterocycles. The molecule has 0 spiro atoms. The molecule has 0 aliphatic rings. The van der Waals surface area contributed by atoms with Crippen molar-refractivity contribution in [2.45, 2.75) is 6.04 Å². The highest BCUT2D eigenvalue weighted by atomic mass is 32.1. The minimum absolute atomic E-state index is 0.227. The molecular formula is C11H13N3O2S. The number of benzene rings is 1. The Kier molecular flexibility index (Phi) is 3.55. The lowest BCUT2D eigenvalue weighted by molar-refractivity contribution is -0.119. The Morgan fingerprint density at radius 3 is 3.00 bits per heavy atom. The number of nitrogens with one attached hydrogen (secondary N) is 1. The van der Waals surface area contributed by atoms with Gasteiger partial charge in [0.05, 0.1) is 16.8 Å². The average molecular weight is 251 g/mol. The van der Waals surface area contributed by atoms with Crippen LogP contribution in [0.5, 0.6) is 0 Å². The van der Waals surface area contributed by atoms with Crippen molar-refractivity contribution < 1.29 is 9.53 Å². The number of carbonyl (C=O) groups excluding carboxylic acids is 1. The van der Waals surface area contributed by atoms with Gasteiger partial charge in [0.15, 0.2) is 5.13 Å². The fraction of sp³-hybridized carbons (Fsp3) is 0.273. The van der Waals surface area contributed by atoms with Crippen LogP contribution < -0.4 is 11.1 Å². The van der Waals surface area contributed by atoms with Crippen molar-refractivity contribution in [3.8, 4) is 0 Å². The van der Waals surface area contributed by atoms with E-state index in [0.29, 0.717) is 5.13 Å². The number of para-hydroxylation sites is 1. The molecule has 0 saturated heterocycles. The molecule has 5 nitrogen and oxygen atoms in total. The maximum atomic E-state index is 11.2. The molecular weight excluding hydrogens is 238 g/mol. The summed E-state index contributed by atoms with van der Waals surface area (Å²) < 4.78 is 5.99. The molecule has 0 saturated carbocycles. The highest BCUT2D eigenvalue weighted by Gasteiger charge is 2.16. The molecule has 90 valence electrons. The lowest BCUT2D eigenvalue weighted by atomic mass is 10.3. The molecule has 3 N–H and O–H groups in total. The maximum absolute atomic E-state index is 11.2. The number of thiazole rings is 1. The Morgan fingerprint density at radius 1 is 1.59 bits per heavy atom. The molecule has 1 amide bonds. The van der Waals surface area contributed by atoms with Crippen molar-refractivity contribution in [1.82, 2.24) is 4.98 Å². The van der Waals surface area contributed by atoms with Gasteiger partial charge in [0.2, 0.25) is 5.91 Å². The zero-order valence-electron chi connectivity index (χ0n) is 9.34. The smallest absolute Gasteiger partial charge is 0.242 e. The van der Waals surface area contributed by atoms with Gasteiger partial charge in [0, 0.05) is 7.11 Å². The lowest BCUT2D eigenvalue weighted by Gasteiger charge is -2.12. The SMILES string of the molecule is COCC(Nc1nc2ccccc2s1)C(N)=O. The highest BCUT2D eigenvalue weighted by Crippen LogP contribution is 2.25. The van der Waals surface area contributed by atoms with Crippen molar-refractivity contribution >= 4 is 32.6 Å². The van der Waals surface area contributed by atoms with Gasteiger partial charge in [-0.1, -0.05) is 23.5 Å². The number of primary amides is 1. The first-order chi connectivity index (χ1) is 8.20. The number of nitrogens with two attached hydrogens (primary N) is 1. The predicted molar refractivity (Wildman–Crippen MR) is 68.1 cm³/mol. The first-order valence-electron chi connectivity index (χ1n) is 5.11. The number of fused-ring (bicyclic) bond motifs is 1. The maximum Gasteiger partial charge on any atom is 0.242 e. The quantitative estimate of drug-likeness (QED) is 0.837. The summed E-state index contributed by atoms with van der Waals surface area (Å²) in [5, 5.41) is 3.65. The largest absolute Gasteiger partial charge is 0.382 e. The van der Waals surface area contributed by atoms with Crippen molar-refractivity contribution in [3.63, 3.8) is 0 Å². The van der Waals surface area contributed by atoms with E-state index in [1.807, 2.05) is 24.3 Å². The first-order valence-corrected chi connectivity index (χ1v) is 5.92. The standard InChI is InChI=1S/C11H13N3O2S/c1-16-6-8(10(12)15)14-11-13-7-4-2-3-5-9(7)17-11/h2-5,8H,6H2,1H3,(H2,12,15)(H,13,14). The number of nitrogens with zero attached hydrogens (tertiary/aromatic N) is 1. The molecule has 1 heterocycles. The summed E-state index contributed by atoms with van der Waals surface area (Å²) in [6.45, 7) is 0.227. The molecule has 0 fully saturated rings. The van der Waals surface area contributed by atoms with Crippen LogP contribution in [0.3, 0.4) is 0 Å². The van der Waals surface area contributed by atoms with Gasteiger partial charge in [-0.2, -0.15) is 0 Å². The number of ether oxygens (including phenoxy) is 1. The van der Waals surface area contributed by atoms with E-state index in [4.69, 9.17) is 10.5 Å². The van der Waals surface area contributed by atoms with Crippen molar-refractivity contribution in [2.75, 3.05) is 19.0 Å². The molecule has 6 heteroatoms. The zero-order valence-corrected chi connectivity index (χ0v) is 10.2. The van der Waals surface area contributed by atoms with Gasteiger partial charge < -0.3 is 15.8 Å². The topological polar surface area (TPSA) is 77.2 Å². The second kappa shape index (κ2) is 5.11. The van der Waals surface area contributed by atoms with Crippen molar-refractivity contribution in [3.05, 3.63) is 24.3 Å². The molecule has 2 rings (SSSR count). The molecule has 1 unspecified atom stereocenters. The van der Waals surface area contributed by atoms with Crippen LogP contribution in [-0.4, -0.2) is 30.6 Å². The minimum atomic E-state index is -0.555. The second-order valence-electron chi connectivity index (χ2n) is 3.54. The minimum Gasteiger partial charge on any atom is -0.382 e. The van der Waals surface area contributed by atoms with Crippen LogP contribution in [0, 0.1) is 0 Å². The van der Waals surface area contributed by atoms with Gasteiger partial charge in [-0.15, -0.1) is 0 Å². The third-order valence-corrected chi connectivity index (χ3v) is 3.24. The van der Waals surface area contributed by atoms with E-state index >= 15 is 0 Å². The van der Waals surface area contributed by atoms with Crippen LogP contribution in [0.1, 0.15) is 0 Å². The Balaban J connectivity index is 2.19. The second-order valence-corrected chi connectivity index (χ2v) is 4.57. The molecule has 0 aliphatic carbocycles. The number of anilines is 1. The monoisotopic (exact) mass is 251 g/mol. The third-order valence-electron chi connectivity index (χ3n) is 2.27.